The summed E-state index contributed by atoms with van der Waals surface area (Å²) in [6, 6.07) is 13.4. The summed E-state index contributed by atoms with van der Waals surface area (Å²) in [5.41, 5.74) is 1.35. The highest BCUT2D eigenvalue weighted by Gasteiger charge is 2.59. The van der Waals surface area contributed by atoms with Crippen LogP contribution in [0.3, 0.4) is 0 Å². The topological polar surface area (TPSA) is 199 Å². The molecule has 2 aliphatic carbocycles. The molecule has 1 atom stereocenters. The van der Waals surface area contributed by atoms with Gasteiger partial charge in [0.05, 0.1) is 23.5 Å². The van der Waals surface area contributed by atoms with E-state index in [4.69, 9.17) is 28.3 Å². The lowest BCUT2D eigenvalue weighted by Crippen LogP contribution is -2.58. The summed E-state index contributed by atoms with van der Waals surface area (Å²) in [6.07, 6.45) is 1.16. The Kier molecular flexibility index (Phi) is 7.41. The fourth-order valence-electron chi connectivity index (χ4n) is 5.64. The monoisotopic (exact) mass is 664 g/mol. The van der Waals surface area contributed by atoms with Gasteiger partial charge in [0.25, 0.3) is 17.7 Å². The van der Waals surface area contributed by atoms with Gasteiger partial charge in [0.2, 0.25) is 11.9 Å². The van der Waals surface area contributed by atoms with E-state index >= 15 is 0 Å². The largest absolute Gasteiger partial charge is 0.464 e. The quantitative estimate of drug-likeness (QED) is 0.226. The molecule has 2 heterocycles. The van der Waals surface area contributed by atoms with Gasteiger partial charge in [0.1, 0.15) is 22.3 Å². The van der Waals surface area contributed by atoms with Gasteiger partial charge in [-0.2, -0.15) is 5.26 Å². The molecule has 2 fully saturated rings. The molecular formula is C30H26Cl2N8O6. The van der Waals surface area contributed by atoms with Crippen LogP contribution in [0.2, 0.25) is 10.0 Å². The summed E-state index contributed by atoms with van der Waals surface area (Å²) < 4.78 is 1.51. The summed E-state index contributed by atoms with van der Waals surface area (Å²) in [4.78, 5) is 70.5. The molecule has 14 nitrogen and oxygen atoms in total. The van der Waals surface area contributed by atoms with Crippen LogP contribution in [-0.4, -0.2) is 55.5 Å². The summed E-state index contributed by atoms with van der Waals surface area (Å²) >= 11 is 12.5. The normalized spacial score (nSPS) is 19.8. The lowest BCUT2D eigenvalue weighted by atomic mass is 9.91. The standard InChI is InChI=1S/C30H26Cl2N8O6/c1-28(13-16-2-4-17(14-33)5-3-16)25(44)39(20-11-18(31)10-19(32)12-20)26-34-15-21(40(26)28)22(41)35-29(6-7-29)23(42)36-30(8-9-30)24(43)37-38-27(45)46/h2-5,10-12,15,38H,6-9,13H2,1H3,(H,35,41)(H,36,42)(H,37,43)(H,45,46)/t28-/m1/s1. The van der Waals surface area contributed by atoms with Gasteiger partial charge in [-0.15, -0.1) is 0 Å². The third kappa shape index (κ3) is 5.37. The number of carbonyl (C=O) groups excluding carboxylic acids is 4. The first-order valence-corrected chi connectivity index (χ1v) is 14.9. The molecule has 6 rings (SSSR count). The number of rotatable bonds is 8. The van der Waals surface area contributed by atoms with Crippen molar-refractivity contribution in [2.24, 2.45) is 0 Å². The SMILES string of the molecule is C[C@@]1(Cc2ccc(C#N)cc2)C(=O)N(c2cc(Cl)cc(Cl)c2)c2ncc(C(=O)NC3(C(=O)NC4(C(=O)NNC(=O)O)CC4)CC3)n21. The van der Waals surface area contributed by atoms with Gasteiger partial charge >= 0.3 is 6.09 Å². The first-order valence-electron chi connectivity index (χ1n) is 14.1. The number of nitrogens with one attached hydrogen (secondary N) is 4. The Balaban J connectivity index is 1.31. The Morgan fingerprint density at radius 2 is 1.57 bits per heavy atom. The zero-order valence-electron chi connectivity index (χ0n) is 24.2. The fourth-order valence-corrected chi connectivity index (χ4v) is 6.15. The van der Waals surface area contributed by atoms with E-state index in [1.165, 1.54) is 21.7 Å². The number of hydrogen-bond acceptors (Lipinski definition) is 7. The van der Waals surface area contributed by atoms with Crippen molar-refractivity contribution in [3.05, 3.63) is 75.5 Å². The molecule has 1 aliphatic heterocycles. The van der Waals surface area contributed by atoms with E-state index < -0.39 is 46.3 Å². The number of hydrazine groups is 1. The van der Waals surface area contributed by atoms with Crippen LogP contribution in [0.5, 0.6) is 0 Å². The van der Waals surface area contributed by atoms with Gasteiger partial charge in [0, 0.05) is 16.5 Å². The third-order valence-electron chi connectivity index (χ3n) is 8.43. The average molecular weight is 665 g/mol. The van der Waals surface area contributed by atoms with Crippen LogP contribution in [0.15, 0.2) is 48.7 Å². The van der Waals surface area contributed by atoms with Crippen molar-refractivity contribution in [2.75, 3.05) is 4.90 Å². The molecule has 0 unspecified atom stereocenters. The van der Waals surface area contributed by atoms with Crippen LogP contribution in [0.25, 0.3) is 0 Å². The number of anilines is 2. The molecule has 0 radical (unpaired) electrons. The van der Waals surface area contributed by atoms with Gasteiger partial charge in [-0.3, -0.25) is 29.2 Å². The maximum absolute atomic E-state index is 14.3. The molecule has 0 spiro atoms. The first-order chi connectivity index (χ1) is 21.8. The Bertz CT molecular complexity index is 1840. The molecule has 2 aromatic carbocycles. The van der Waals surface area contributed by atoms with E-state index in [-0.39, 0.29) is 28.1 Å². The predicted molar refractivity (Wildman–Crippen MR) is 163 cm³/mol. The minimum Gasteiger partial charge on any atom is -0.464 e. The molecule has 2 saturated carbocycles. The second-order valence-electron chi connectivity index (χ2n) is 11.8. The second-order valence-corrected chi connectivity index (χ2v) is 12.6. The third-order valence-corrected chi connectivity index (χ3v) is 8.86. The van der Waals surface area contributed by atoms with Crippen LogP contribution in [0.1, 0.15) is 54.2 Å². The van der Waals surface area contributed by atoms with E-state index in [0.29, 0.717) is 36.9 Å². The van der Waals surface area contributed by atoms with Crippen molar-refractivity contribution < 1.29 is 29.1 Å². The van der Waals surface area contributed by atoms with E-state index in [1.807, 2.05) is 5.43 Å². The van der Waals surface area contributed by atoms with Gasteiger partial charge in [0.15, 0.2) is 0 Å². The van der Waals surface area contributed by atoms with Crippen LogP contribution < -0.4 is 26.4 Å². The number of aromatic nitrogens is 2. The molecule has 3 aliphatic rings. The van der Waals surface area contributed by atoms with E-state index in [0.717, 1.165) is 5.56 Å². The van der Waals surface area contributed by atoms with Crippen LogP contribution in [-0.2, 0) is 26.3 Å². The first kappa shape index (κ1) is 30.9. The van der Waals surface area contributed by atoms with Crippen molar-refractivity contribution in [1.82, 2.24) is 31.0 Å². The van der Waals surface area contributed by atoms with Gasteiger partial charge in [-0.25, -0.2) is 20.1 Å². The number of carbonyl (C=O) groups is 5. The number of amides is 5. The molecule has 46 heavy (non-hydrogen) atoms. The number of nitriles is 1. The molecule has 1 aromatic heterocycles. The Morgan fingerprint density at radius 1 is 0.957 bits per heavy atom. The van der Waals surface area contributed by atoms with E-state index in [1.54, 1.807) is 48.7 Å². The number of fused-ring (bicyclic) bond motifs is 1. The van der Waals surface area contributed by atoms with Crippen LogP contribution >= 0.6 is 23.2 Å². The second kappa shape index (κ2) is 11.0. The summed E-state index contributed by atoms with van der Waals surface area (Å²) in [7, 11) is 0. The minimum atomic E-state index is -1.46. The smallest absolute Gasteiger partial charge is 0.423 e. The van der Waals surface area contributed by atoms with Crippen molar-refractivity contribution in [3.63, 3.8) is 0 Å². The molecule has 5 amide bonds. The number of imidazole rings is 1. The zero-order valence-corrected chi connectivity index (χ0v) is 25.7. The highest BCUT2D eigenvalue weighted by Crippen LogP contribution is 2.45. The summed E-state index contributed by atoms with van der Waals surface area (Å²) in [5, 5.41) is 24.0. The zero-order chi connectivity index (χ0) is 33.0. The van der Waals surface area contributed by atoms with Crippen molar-refractivity contribution in [3.8, 4) is 6.07 Å². The molecular weight excluding hydrogens is 639 g/mol. The number of benzene rings is 2. The van der Waals surface area contributed by atoms with Crippen molar-refractivity contribution in [2.45, 2.75) is 55.6 Å². The van der Waals surface area contributed by atoms with Gasteiger partial charge in [-0.1, -0.05) is 35.3 Å². The highest BCUT2D eigenvalue weighted by molar-refractivity contribution is 6.35. The lowest BCUT2D eigenvalue weighted by Gasteiger charge is -2.27. The van der Waals surface area contributed by atoms with Crippen molar-refractivity contribution in [1.29, 1.82) is 5.26 Å². The summed E-state index contributed by atoms with van der Waals surface area (Å²) in [5.74, 6) is -2.24. The molecule has 0 bridgehead atoms. The summed E-state index contributed by atoms with van der Waals surface area (Å²) in [6.45, 7) is 1.67. The van der Waals surface area contributed by atoms with Crippen LogP contribution in [0, 0.1) is 11.3 Å². The molecule has 5 N–H and O–H groups in total. The maximum Gasteiger partial charge on any atom is 0.423 e. The lowest BCUT2D eigenvalue weighted by molar-refractivity contribution is -0.131. The Labute approximate surface area is 271 Å². The van der Waals surface area contributed by atoms with E-state index in [2.05, 4.69) is 21.7 Å². The predicted octanol–water partition coefficient (Wildman–Crippen LogP) is 2.91. The molecule has 236 valence electrons. The fraction of sp³-hybridized carbons (Fsp3) is 0.300. The van der Waals surface area contributed by atoms with E-state index in [9.17, 15) is 29.2 Å². The number of hydrogen-bond donors (Lipinski definition) is 5. The number of halogens is 2. The van der Waals surface area contributed by atoms with Gasteiger partial charge in [-0.05, 0) is 68.5 Å². The molecule has 0 saturated heterocycles. The number of carboxylic acid groups (broad SMARTS) is 1. The number of nitrogens with zero attached hydrogens (tertiary/aromatic N) is 4. The van der Waals surface area contributed by atoms with Gasteiger partial charge < -0.3 is 15.7 Å². The maximum atomic E-state index is 14.3. The Morgan fingerprint density at radius 3 is 2.13 bits per heavy atom. The minimum absolute atomic E-state index is 0.0127. The Hall–Kier alpha value is -5.13. The molecule has 3 aromatic rings. The average Bonchev–Trinajstić information content (AvgIpc) is 3.91. The van der Waals surface area contributed by atoms with Crippen molar-refractivity contribution >= 4 is 64.6 Å². The van der Waals surface area contributed by atoms with Crippen LogP contribution in [0.4, 0.5) is 16.4 Å². The highest BCUT2D eigenvalue weighted by atomic mass is 35.5. The molecule has 16 heteroatoms.